The van der Waals surface area contributed by atoms with Gasteiger partial charge in [-0.2, -0.15) is 18.3 Å². The summed E-state index contributed by atoms with van der Waals surface area (Å²) in [6, 6.07) is 9.83. The van der Waals surface area contributed by atoms with Crippen LogP contribution in [0.15, 0.2) is 53.8 Å². The first-order valence-corrected chi connectivity index (χ1v) is 7.46. The molecular formula is C17H13F3N4O2. The molecule has 3 aromatic rings. The van der Waals surface area contributed by atoms with Crippen LogP contribution in [0.1, 0.15) is 11.1 Å². The van der Waals surface area contributed by atoms with Gasteiger partial charge in [-0.1, -0.05) is 18.2 Å². The Labute approximate surface area is 145 Å². The molecule has 134 valence electrons. The van der Waals surface area contributed by atoms with Gasteiger partial charge >= 0.3 is 6.18 Å². The van der Waals surface area contributed by atoms with E-state index in [-0.39, 0.29) is 5.69 Å². The van der Waals surface area contributed by atoms with Crippen molar-refractivity contribution in [1.82, 2.24) is 4.57 Å². The Morgan fingerprint density at radius 1 is 1.23 bits per heavy atom. The largest absolute Gasteiger partial charge is 0.416 e. The Morgan fingerprint density at radius 3 is 2.65 bits per heavy atom. The molecule has 2 aromatic carbocycles. The second-order valence-electron chi connectivity index (χ2n) is 5.57. The van der Waals surface area contributed by atoms with Crippen molar-refractivity contribution in [1.29, 1.82) is 0 Å². The summed E-state index contributed by atoms with van der Waals surface area (Å²) in [6.45, 7) is 0. The monoisotopic (exact) mass is 362 g/mol. The van der Waals surface area contributed by atoms with Gasteiger partial charge in [0.2, 0.25) is 0 Å². The SMILES string of the molecule is Cn1cc(/C=N\Nc2ccc(C(F)(F)F)cc2[N+](=O)[O-])c2ccccc21. The lowest BCUT2D eigenvalue weighted by Crippen LogP contribution is -2.06. The number of nitro benzene ring substituents is 1. The quantitative estimate of drug-likeness (QED) is 0.420. The average molecular weight is 362 g/mol. The molecule has 0 aliphatic heterocycles. The molecule has 0 atom stereocenters. The van der Waals surface area contributed by atoms with Gasteiger partial charge in [0.05, 0.1) is 16.7 Å². The molecule has 9 heteroatoms. The Bertz CT molecular complexity index is 1010. The first-order chi connectivity index (χ1) is 12.3. The van der Waals surface area contributed by atoms with E-state index in [9.17, 15) is 23.3 Å². The molecule has 0 spiro atoms. The summed E-state index contributed by atoms with van der Waals surface area (Å²) in [4.78, 5) is 10.2. The van der Waals surface area contributed by atoms with Crippen LogP contribution >= 0.6 is 0 Å². The number of nitrogens with zero attached hydrogens (tertiary/aromatic N) is 3. The van der Waals surface area contributed by atoms with Gasteiger partial charge in [0.25, 0.3) is 5.69 Å². The molecular weight excluding hydrogens is 349 g/mol. The molecule has 0 saturated heterocycles. The maximum Gasteiger partial charge on any atom is 0.416 e. The van der Waals surface area contributed by atoms with Crippen LogP contribution in [-0.4, -0.2) is 15.7 Å². The second-order valence-corrected chi connectivity index (χ2v) is 5.57. The number of alkyl halides is 3. The number of nitrogens with one attached hydrogen (secondary N) is 1. The Kier molecular flexibility index (Phi) is 4.37. The van der Waals surface area contributed by atoms with Crippen molar-refractivity contribution in [3.05, 3.63) is 69.9 Å². The summed E-state index contributed by atoms with van der Waals surface area (Å²) in [5, 5.41) is 15.9. The van der Waals surface area contributed by atoms with E-state index in [1.54, 1.807) is 0 Å². The summed E-state index contributed by atoms with van der Waals surface area (Å²) in [7, 11) is 1.87. The number of benzene rings is 2. The third-order valence-corrected chi connectivity index (χ3v) is 3.84. The van der Waals surface area contributed by atoms with E-state index in [4.69, 9.17) is 0 Å². The zero-order valence-electron chi connectivity index (χ0n) is 13.5. The molecule has 3 rings (SSSR count). The average Bonchev–Trinajstić information content (AvgIpc) is 2.90. The van der Waals surface area contributed by atoms with E-state index >= 15 is 0 Å². The van der Waals surface area contributed by atoms with Crippen molar-refractivity contribution in [2.24, 2.45) is 12.1 Å². The lowest BCUT2D eigenvalue weighted by atomic mass is 10.1. The first kappa shape index (κ1) is 17.5. The van der Waals surface area contributed by atoms with Gasteiger partial charge in [-0.05, 0) is 18.2 Å². The van der Waals surface area contributed by atoms with Crippen molar-refractivity contribution in [2.75, 3.05) is 5.43 Å². The molecule has 0 aliphatic carbocycles. The lowest BCUT2D eigenvalue weighted by Gasteiger charge is -2.08. The van der Waals surface area contributed by atoms with Gasteiger partial charge in [-0.15, -0.1) is 0 Å². The predicted molar refractivity (Wildman–Crippen MR) is 92.2 cm³/mol. The third kappa shape index (κ3) is 3.37. The van der Waals surface area contributed by atoms with Crippen LogP contribution in [0, 0.1) is 10.1 Å². The van der Waals surface area contributed by atoms with Gasteiger partial charge in [0.15, 0.2) is 0 Å². The maximum atomic E-state index is 12.7. The number of rotatable bonds is 4. The number of para-hydroxylation sites is 1. The predicted octanol–water partition coefficient (Wildman–Crippen LogP) is 4.55. The molecule has 1 aromatic heterocycles. The molecule has 6 nitrogen and oxygen atoms in total. The lowest BCUT2D eigenvalue weighted by molar-refractivity contribution is -0.384. The topological polar surface area (TPSA) is 72.5 Å². The number of aryl methyl sites for hydroxylation is 1. The zero-order chi connectivity index (χ0) is 18.9. The molecule has 0 radical (unpaired) electrons. The highest BCUT2D eigenvalue weighted by Gasteiger charge is 2.33. The molecule has 0 unspecified atom stereocenters. The van der Waals surface area contributed by atoms with Crippen molar-refractivity contribution in [3.8, 4) is 0 Å². The van der Waals surface area contributed by atoms with Gasteiger partial charge in [-0.25, -0.2) is 0 Å². The normalized spacial score (nSPS) is 12.0. The Balaban J connectivity index is 1.89. The minimum absolute atomic E-state index is 0.125. The van der Waals surface area contributed by atoms with E-state index in [2.05, 4.69) is 10.5 Å². The van der Waals surface area contributed by atoms with E-state index in [0.717, 1.165) is 28.6 Å². The molecule has 0 amide bonds. The van der Waals surface area contributed by atoms with Crippen LogP contribution in [0.5, 0.6) is 0 Å². The van der Waals surface area contributed by atoms with E-state index in [1.165, 1.54) is 6.21 Å². The molecule has 26 heavy (non-hydrogen) atoms. The summed E-state index contributed by atoms with van der Waals surface area (Å²) in [5.41, 5.74) is 2.28. The highest BCUT2D eigenvalue weighted by atomic mass is 19.4. The van der Waals surface area contributed by atoms with Crippen molar-refractivity contribution < 1.29 is 18.1 Å². The highest BCUT2D eigenvalue weighted by Crippen LogP contribution is 2.35. The van der Waals surface area contributed by atoms with E-state index in [1.807, 2.05) is 42.1 Å². The van der Waals surface area contributed by atoms with Crippen LogP contribution in [0.4, 0.5) is 24.5 Å². The van der Waals surface area contributed by atoms with E-state index < -0.39 is 22.4 Å². The molecule has 1 N–H and O–H groups in total. The number of nitro groups is 1. The van der Waals surface area contributed by atoms with Gasteiger partial charge in [-0.3, -0.25) is 15.5 Å². The van der Waals surface area contributed by atoms with E-state index in [0.29, 0.717) is 6.07 Å². The smallest absolute Gasteiger partial charge is 0.350 e. The molecule has 0 bridgehead atoms. The number of hydrazone groups is 1. The van der Waals surface area contributed by atoms with Gasteiger partial charge in [0, 0.05) is 35.8 Å². The first-order valence-electron chi connectivity index (χ1n) is 7.46. The third-order valence-electron chi connectivity index (χ3n) is 3.84. The standard InChI is InChI=1S/C17H13F3N4O2/c1-23-10-11(13-4-2-3-5-15(13)23)9-21-22-14-7-6-12(17(18,19)20)8-16(14)24(25)26/h2-10,22H,1H3/b21-9-. The fraction of sp³-hybridized carbons (Fsp3) is 0.118. The minimum atomic E-state index is -4.66. The summed E-state index contributed by atoms with van der Waals surface area (Å²) in [5.74, 6) is 0. The number of aromatic nitrogens is 1. The minimum Gasteiger partial charge on any atom is -0.350 e. The van der Waals surface area contributed by atoms with Crippen molar-refractivity contribution in [3.63, 3.8) is 0 Å². The molecule has 0 aliphatic rings. The summed E-state index contributed by atoms with van der Waals surface area (Å²) in [6.07, 6.45) is -1.36. The fourth-order valence-electron chi connectivity index (χ4n) is 2.60. The number of hydrogen-bond acceptors (Lipinski definition) is 4. The van der Waals surface area contributed by atoms with Crippen LogP contribution < -0.4 is 5.43 Å². The van der Waals surface area contributed by atoms with Gasteiger partial charge in [0.1, 0.15) is 5.69 Å². The Morgan fingerprint density at radius 2 is 1.96 bits per heavy atom. The molecule has 1 heterocycles. The van der Waals surface area contributed by atoms with Crippen LogP contribution in [0.3, 0.4) is 0 Å². The molecule has 0 fully saturated rings. The van der Waals surface area contributed by atoms with Gasteiger partial charge < -0.3 is 4.57 Å². The number of fused-ring (bicyclic) bond motifs is 1. The molecule has 0 saturated carbocycles. The number of halogens is 3. The summed E-state index contributed by atoms with van der Waals surface area (Å²) < 4.78 is 40.0. The second kappa shape index (κ2) is 6.51. The summed E-state index contributed by atoms with van der Waals surface area (Å²) >= 11 is 0. The van der Waals surface area contributed by atoms with Crippen LogP contribution in [-0.2, 0) is 13.2 Å². The fourth-order valence-corrected chi connectivity index (χ4v) is 2.60. The maximum absolute atomic E-state index is 12.7. The highest BCUT2D eigenvalue weighted by molar-refractivity contribution is 5.99. The number of hydrogen-bond donors (Lipinski definition) is 1. The van der Waals surface area contributed by atoms with Crippen molar-refractivity contribution >= 4 is 28.5 Å². The van der Waals surface area contributed by atoms with Crippen LogP contribution in [0.2, 0.25) is 0 Å². The van der Waals surface area contributed by atoms with Crippen molar-refractivity contribution in [2.45, 2.75) is 6.18 Å². The zero-order valence-corrected chi connectivity index (χ0v) is 13.5. The van der Waals surface area contributed by atoms with Crippen LogP contribution in [0.25, 0.3) is 10.9 Å². The Hall–Kier alpha value is -3.36. The number of anilines is 1.